The highest BCUT2D eigenvalue weighted by Crippen LogP contribution is 2.25. The molecular formula is C20H20ClN3O3S. The molecule has 0 aliphatic carbocycles. The van der Waals surface area contributed by atoms with E-state index in [1.807, 2.05) is 30.3 Å². The molecule has 2 aromatic carbocycles. The summed E-state index contributed by atoms with van der Waals surface area (Å²) in [6.45, 7) is 2.56. The van der Waals surface area contributed by atoms with Gasteiger partial charge in [0.05, 0.1) is 17.8 Å². The summed E-state index contributed by atoms with van der Waals surface area (Å²) in [4.78, 5) is 6.65. The second kappa shape index (κ2) is 8.05. The Morgan fingerprint density at radius 1 is 0.964 bits per heavy atom. The average Bonchev–Trinajstić information content (AvgIpc) is 3.18. The number of hydrogen-bond donors (Lipinski definition) is 0. The molecule has 1 aliphatic rings. The van der Waals surface area contributed by atoms with E-state index in [4.69, 9.17) is 16.0 Å². The standard InChI is InChI=1S/C20H20ClN3O3S/c21-17-8-4-5-9-19(17)28(25,26)24-12-10-23(11-13-24)15-20-22-14-18(27-20)16-6-2-1-3-7-16/h1-9,14H,10-13,15H2. The van der Waals surface area contributed by atoms with Crippen molar-refractivity contribution in [1.82, 2.24) is 14.2 Å². The fourth-order valence-electron chi connectivity index (χ4n) is 3.23. The lowest BCUT2D eigenvalue weighted by Crippen LogP contribution is -2.48. The van der Waals surface area contributed by atoms with Crippen LogP contribution in [0.1, 0.15) is 5.89 Å². The van der Waals surface area contributed by atoms with Crippen LogP contribution in [0.4, 0.5) is 0 Å². The van der Waals surface area contributed by atoms with Crippen LogP contribution in [0, 0.1) is 0 Å². The third-order valence-corrected chi connectivity index (χ3v) is 7.15. The molecule has 146 valence electrons. The molecule has 1 aliphatic heterocycles. The van der Waals surface area contributed by atoms with Gasteiger partial charge in [0.15, 0.2) is 5.76 Å². The lowest BCUT2D eigenvalue weighted by atomic mass is 10.2. The third kappa shape index (κ3) is 3.98. The van der Waals surface area contributed by atoms with E-state index < -0.39 is 10.0 Å². The Balaban J connectivity index is 1.39. The van der Waals surface area contributed by atoms with Crippen molar-refractivity contribution in [2.24, 2.45) is 0 Å². The first-order valence-corrected chi connectivity index (χ1v) is 10.8. The number of nitrogens with zero attached hydrogens (tertiary/aromatic N) is 3. The number of aromatic nitrogens is 1. The minimum Gasteiger partial charge on any atom is -0.439 e. The van der Waals surface area contributed by atoms with Gasteiger partial charge in [-0.05, 0) is 12.1 Å². The monoisotopic (exact) mass is 417 g/mol. The first kappa shape index (κ1) is 19.1. The fourth-order valence-corrected chi connectivity index (χ4v) is 5.15. The molecule has 0 bridgehead atoms. The Labute approximate surface area is 169 Å². The number of halogens is 1. The molecule has 1 saturated heterocycles. The summed E-state index contributed by atoms with van der Waals surface area (Å²) in [6, 6.07) is 16.4. The molecule has 28 heavy (non-hydrogen) atoms. The number of piperazine rings is 1. The average molecular weight is 418 g/mol. The predicted octanol–water partition coefficient (Wildman–Crippen LogP) is 3.50. The topological polar surface area (TPSA) is 66.7 Å². The maximum atomic E-state index is 12.8. The van der Waals surface area contributed by atoms with Gasteiger partial charge in [0, 0.05) is 31.7 Å². The molecule has 0 N–H and O–H groups in total. The largest absolute Gasteiger partial charge is 0.439 e. The number of rotatable bonds is 5. The van der Waals surface area contributed by atoms with E-state index in [1.54, 1.807) is 30.5 Å². The van der Waals surface area contributed by atoms with Crippen LogP contribution < -0.4 is 0 Å². The summed E-state index contributed by atoms with van der Waals surface area (Å²) in [5.74, 6) is 1.36. The molecule has 2 heterocycles. The minimum atomic E-state index is -3.59. The quantitative estimate of drug-likeness (QED) is 0.635. The lowest BCUT2D eigenvalue weighted by molar-refractivity contribution is 0.169. The fraction of sp³-hybridized carbons (Fsp3) is 0.250. The Kier molecular flexibility index (Phi) is 5.50. The van der Waals surface area contributed by atoms with Crippen LogP contribution in [0.5, 0.6) is 0 Å². The zero-order chi connectivity index (χ0) is 19.6. The van der Waals surface area contributed by atoms with Crippen LogP contribution in [-0.2, 0) is 16.6 Å². The number of benzene rings is 2. The van der Waals surface area contributed by atoms with Crippen LogP contribution in [0.25, 0.3) is 11.3 Å². The Morgan fingerprint density at radius 2 is 1.64 bits per heavy atom. The molecule has 1 fully saturated rings. The van der Waals surface area contributed by atoms with E-state index in [-0.39, 0.29) is 9.92 Å². The maximum Gasteiger partial charge on any atom is 0.244 e. The van der Waals surface area contributed by atoms with E-state index in [0.29, 0.717) is 38.6 Å². The first-order valence-electron chi connectivity index (χ1n) is 9.01. The highest BCUT2D eigenvalue weighted by atomic mass is 35.5. The van der Waals surface area contributed by atoms with Gasteiger partial charge in [0.25, 0.3) is 0 Å². The zero-order valence-electron chi connectivity index (χ0n) is 15.2. The summed E-state index contributed by atoms with van der Waals surface area (Å²) in [7, 11) is -3.59. The third-order valence-electron chi connectivity index (χ3n) is 4.76. The van der Waals surface area contributed by atoms with Gasteiger partial charge in [0.1, 0.15) is 4.90 Å². The van der Waals surface area contributed by atoms with Crippen LogP contribution in [0.2, 0.25) is 5.02 Å². The molecule has 1 aromatic heterocycles. The van der Waals surface area contributed by atoms with E-state index in [1.165, 1.54) is 4.31 Å². The normalized spacial score (nSPS) is 16.3. The van der Waals surface area contributed by atoms with Crippen LogP contribution in [0.3, 0.4) is 0 Å². The number of hydrogen-bond acceptors (Lipinski definition) is 5. The summed E-state index contributed by atoms with van der Waals surface area (Å²) >= 11 is 6.08. The van der Waals surface area contributed by atoms with Crippen LogP contribution in [0.15, 0.2) is 70.1 Å². The second-order valence-corrected chi connectivity index (χ2v) is 8.91. The van der Waals surface area contributed by atoms with E-state index in [9.17, 15) is 8.42 Å². The van der Waals surface area contributed by atoms with Crippen molar-refractivity contribution in [3.8, 4) is 11.3 Å². The van der Waals surface area contributed by atoms with Gasteiger partial charge in [-0.25, -0.2) is 13.4 Å². The van der Waals surface area contributed by atoms with Gasteiger partial charge in [-0.15, -0.1) is 0 Å². The van der Waals surface area contributed by atoms with Crippen molar-refractivity contribution >= 4 is 21.6 Å². The molecule has 8 heteroatoms. The van der Waals surface area contributed by atoms with Crippen LogP contribution >= 0.6 is 11.6 Å². The molecule has 0 saturated carbocycles. The second-order valence-electron chi connectivity index (χ2n) is 6.59. The van der Waals surface area contributed by atoms with E-state index >= 15 is 0 Å². The van der Waals surface area contributed by atoms with Crippen molar-refractivity contribution in [1.29, 1.82) is 0 Å². The summed E-state index contributed by atoms with van der Waals surface area (Å²) in [6.07, 6.45) is 1.72. The van der Waals surface area contributed by atoms with Gasteiger partial charge in [-0.2, -0.15) is 4.31 Å². The van der Waals surface area contributed by atoms with Crippen molar-refractivity contribution in [2.45, 2.75) is 11.4 Å². The molecule has 0 spiro atoms. The summed E-state index contributed by atoms with van der Waals surface area (Å²) in [5.41, 5.74) is 0.983. The molecule has 6 nitrogen and oxygen atoms in total. The van der Waals surface area contributed by atoms with E-state index in [0.717, 1.165) is 11.3 Å². The minimum absolute atomic E-state index is 0.158. The summed E-state index contributed by atoms with van der Waals surface area (Å²) in [5, 5.41) is 0.248. The number of sulfonamides is 1. The van der Waals surface area contributed by atoms with Gasteiger partial charge < -0.3 is 4.42 Å². The molecule has 4 rings (SSSR count). The highest BCUT2D eigenvalue weighted by Gasteiger charge is 2.30. The first-order chi connectivity index (χ1) is 13.5. The highest BCUT2D eigenvalue weighted by molar-refractivity contribution is 7.89. The molecule has 0 atom stereocenters. The molecule has 0 radical (unpaired) electrons. The molecule has 0 unspecified atom stereocenters. The van der Waals surface area contributed by atoms with Crippen molar-refractivity contribution in [3.05, 3.63) is 71.7 Å². The Bertz CT molecular complexity index is 1050. The van der Waals surface area contributed by atoms with Gasteiger partial charge >= 0.3 is 0 Å². The maximum absolute atomic E-state index is 12.8. The molecule has 0 amide bonds. The van der Waals surface area contributed by atoms with E-state index in [2.05, 4.69) is 9.88 Å². The van der Waals surface area contributed by atoms with Crippen molar-refractivity contribution < 1.29 is 12.8 Å². The van der Waals surface area contributed by atoms with Crippen molar-refractivity contribution in [3.63, 3.8) is 0 Å². The predicted molar refractivity (Wildman–Crippen MR) is 107 cm³/mol. The SMILES string of the molecule is O=S(=O)(c1ccccc1Cl)N1CCN(Cc2ncc(-c3ccccc3)o2)CC1. The molecule has 3 aromatic rings. The number of oxazole rings is 1. The summed E-state index contributed by atoms with van der Waals surface area (Å²) < 4.78 is 33.0. The smallest absolute Gasteiger partial charge is 0.244 e. The molecular weight excluding hydrogens is 398 g/mol. The Hall–Kier alpha value is -2.19. The Morgan fingerprint density at radius 3 is 2.36 bits per heavy atom. The zero-order valence-corrected chi connectivity index (χ0v) is 16.7. The lowest BCUT2D eigenvalue weighted by Gasteiger charge is -2.33. The van der Waals surface area contributed by atoms with Gasteiger partial charge in [-0.1, -0.05) is 54.1 Å². The van der Waals surface area contributed by atoms with Gasteiger partial charge in [0.2, 0.25) is 15.9 Å². The van der Waals surface area contributed by atoms with Crippen LogP contribution in [-0.4, -0.2) is 48.8 Å². The van der Waals surface area contributed by atoms with Crippen molar-refractivity contribution in [2.75, 3.05) is 26.2 Å². The van der Waals surface area contributed by atoms with Gasteiger partial charge in [-0.3, -0.25) is 4.90 Å².